The smallest absolute Gasteiger partial charge is 0.324 e. The summed E-state index contributed by atoms with van der Waals surface area (Å²) in [5.41, 5.74) is 0.727. The van der Waals surface area contributed by atoms with Gasteiger partial charge in [-0.25, -0.2) is 0 Å². The molecule has 2 aliphatic rings. The second-order valence-corrected chi connectivity index (χ2v) is 8.59. The van der Waals surface area contributed by atoms with Gasteiger partial charge in [0.1, 0.15) is 0 Å². The first-order valence-electron chi connectivity index (χ1n) is 7.26. The van der Waals surface area contributed by atoms with Gasteiger partial charge in [0.15, 0.2) is 0 Å². The molecule has 2 fully saturated rings. The highest BCUT2D eigenvalue weighted by molar-refractivity contribution is 6.46. The molecule has 0 aromatic heterocycles. The summed E-state index contributed by atoms with van der Waals surface area (Å²) in [5.74, 6) is 3.68. The highest BCUT2D eigenvalue weighted by atomic mass is 28.3. The van der Waals surface area contributed by atoms with Crippen LogP contribution < -0.4 is 0 Å². The van der Waals surface area contributed by atoms with Crippen molar-refractivity contribution >= 4 is 9.28 Å². The first-order valence-corrected chi connectivity index (χ1v) is 8.87. The molecule has 2 rings (SSSR count). The molecule has 0 spiro atoms. The van der Waals surface area contributed by atoms with Crippen molar-refractivity contribution in [3.05, 3.63) is 0 Å². The molecular weight excluding hydrogens is 228 g/mol. The molecule has 0 aromatic rings. The highest BCUT2D eigenvalue weighted by Gasteiger charge is 2.47. The molecule has 0 radical (unpaired) electrons. The lowest BCUT2D eigenvalue weighted by Crippen LogP contribution is -2.37. The summed E-state index contributed by atoms with van der Waals surface area (Å²) >= 11 is 0. The highest BCUT2D eigenvalue weighted by Crippen LogP contribution is 2.55. The molecule has 0 aliphatic heterocycles. The van der Waals surface area contributed by atoms with E-state index in [-0.39, 0.29) is 0 Å². The topological polar surface area (TPSA) is 18.5 Å². The molecule has 0 N–H and O–H groups in total. The number of rotatable bonds is 6. The van der Waals surface area contributed by atoms with Crippen molar-refractivity contribution in [3.8, 4) is 0 Å². The molecule has 0 amide bonds. The van der Waals surface area contributed by atoms with E-state index in [9.17, 15) is 0 Å². The number of hydrogen-bond donors (Lipinski definition) is 0. The molecule has 2 nitrogen and oxygen atoms in total. The average Bonchev–Trinajstić information content (AvgIpc) is 2.96. The van der Waals surface area contributed by atoms with Crippen molar-refractivity contribution in [1.29, 1.82) is 0 Å². The van der Waals surface area contributed by atoms with Gasteiger partial charge in [0, 0.05) is 19.8 Å². The molecular formula is C14H28O2Si. The lowest BCUT2D eigenvalue weighted by molar-refractivity contribution is 0.195. The van der Waals surface area contributed by atoms with Crippen LogP contribution in [0.15, 0.2) is 0 Å². The van der Waals surface area contributed by atoms with E-state index in [0.717, 1.165) is 29.2 Å². The fourth-order valence-electron chi connectivity index (χ4n) is 4.34. The van der Waals surface area contributed by atoms with Gasteiger partial charge in [-0.2, -0.15) is 0 Å². The van der Waals surface area contributed by atoms with Gasteiger partial charge in [-0.05, 0) is 42.9 Å². The van der Waals surface area contributed by atoms with Crippen LogP contribution in [0, 0.1) is 23.7 Å². The Bertz CT molecular complexity index is 242. The molecule has 2 aliphatic carbocycles. The Labute approximate surface area is 108 Å². The zero-order valence-electron chi connectivity index (χ0n) is 11.8. The Kier molecular flexibility index (Phi) is 4.67. The van der Waals surface area contributed by atoms with E-state index in [2.05, 4.69) is 13.8 Å². The minimum atomic E-state index is -1.47. The second kappa shape index (κ2) is 5.85. The third-order valence-corrected chi connectivity index (χ3v) is 8.08. The normalized spacial score (nSPS) is 35.5. The summed E-state index contributed by atoms with van der Waals surface area (Å²) in [6.45, 7) is 4.70. The number of fused-ring (bicyclic) bond motifs is 2. The van der Waals surface area contributed by atoms with Gasteiger partial charge in [0.25, 0.3) is 0 Å². The van der Waals surface area contributed by atoms with Crippen molar-refractivity contribution in [2.75, 3.05) is 14.2 Å². The van der Waals surface area contributed by atoms with Crippen LogP contribution >= 0.6 is 0 Å². The van der Waals surface area contributed by atoms with Gasteiger partial charge in [0.2, 0.25) is 0 Å². The monoisotopic (exact) mass is 256 g/mol. The van der Waals surface area contributed by atoms with Crippen molar-refractivity contribution < 1.29 is 8.85 Å². The fourth-order valence-corrected chi connectivity index (χ4v) is 6.84. The Morgan fingerprint density at radius 3 is 2.29 bits per heavy atom. The molecule has 5 unspecified atom stereocenters. The molecule has 2 bridgehead atoms. The predicted octanol–water partition coefficient (Wildman–Crippen LogP) is 3.35. The van der Waals surface area contributed by atoms with Crippen LogP contribution in [-0.2, 0) is 8.85 Å². The molecule has 0 heterocycles. The molecule has 0 aromatic carbocycles. The quantitative estimate of drug-likeness (QED) is 0.679. The van der Waals surface area contributed by atoms with Crippen LogP contribution in [0.25, 0.3) is 0 Å². The van der Waals surface area contributed by atoms with Gasteiger partial charge in [-0.3, -0.25) is 0 Å². The summed E-state index contributed by atoms with van der Waals surface area (Å²) in [6, 6.07) is 0. The van der Waals surface area contributed by atoms with Gasteiger partial charge >= 0.3 is 9.28 Å². The van der Waals surface area contributed by atoms with E-state index in [1.54, 1.807) is 0 Å². The lowest BCUT2D eigenvalue weighted by atomic mass is 9.81. The maximum absolute atomic E-state index is 5.72. The second-order valence-electron chi connectivity index (χ2n) is 6.14. The third-order valence-electron chi connectivity index (χ3n) is 5.37. The van der Waals surface area contributed by atoms with E-state index in [4.69, 9.17) is 8.85 Å². The van der Waals surface area contributed by atoms with Crippen LogP contribution in [0.2, 0.25) is 5.54 Å². The molecule has 2 saturated carbocycles. The number of hydrogen-bond acceptors (Lipinski definition) is 2. The summed E-state index contributed by atoms with van der Waals surface area (Å²) < 4.78 is 11.4. The summed E-state index contributed by atoms with van der Waals surface area (Å²) in [4.78, 5) is 0. The third kappa shape index (κ3) is 2.61. The average molecular weight is 256 g/mol. The first-order chi connectivity index (χ1) is 8.21. The Hall–Kier alpha value is 0.137. The largest absolute Gasteiger partial charge is 0.400 e. The van der Waals surface area contributed by atoms with Crippen LogP contribution in [0.4, 0.5) is 0 Å². The minimum absolute atomic E-state index is 0.727. The maximum Gasteiger partial charge on any atom is 0.324 e. The van der Waals surface area contributed by atoms with Crippen LogP contribution in [0.1, 0.15) is 46.0 Å². The van der Waals surface area contributed by atoms with E-state index < -0.39 is 9.28 Å². The van der Waals surface area contributed by atoms with Crippen LogP contribution in [0.5, 0.6) is 0 Å². The predicted molar refractivity (Wildman–Crippen MR) is 73.3 cm³/mol. The Morgan fingerprint density at radius 1 is 1.18 bits per heavy atom. The lowest BCUT2D eigenvalue weighted by Gasteiger charge is -2.37. The molecule has 5 atom stereocenters. The standard InChI is InChI=1S/C14H28O2Si/c1-5-10(2)14(17(15-3)16-4)13-9-11-6-7-12(13)8-11/h10-14,17H,5-9H2,1-4H3. The summed E-state index contributed by atoms with van der Waals surface area (Å²) in [7, 11) is 2.23. The summed E-state index contributed by atoms with van der Waals surface area (Å²) in [6.07, 6.45) is 7.16. The van der Waals surface area contributed by atoms with E-state index in [0.29, 0.717) is 0 Å². The van der Waals surface area contributed by atoms with E-state index >= 15 is 0 Å². The molecule has 100 valence electrons. The molecule has 0 saturated heterocycles. The van der Waals surface area contributed by atoms with Crippen molar-refractivity contribution in [3.63, 3.8) is 0 Å². The zero-order chi connectivity index (χ0) is 12.4. The van der Waals surface area contributed by atoms with E-state index in [1.165, 1.54) is 32.1 Å². The first kappa shape index (κ1) is 13.6. The van der Waals surface area contributed by atoms with E-state index in [1.807, 2.05) is 14.2 Å². The van der Waals surface area contributed by atoms with Gasteiger partial charge in [-0.1, -0.05) is 26.7 Å². The van der Waals surface area contributed by atoms with Crippen molar-refractivity contribution in [1.82, 2.24) is 0 Å². The molecule has 3 heteroatoms. The zero-order valence-corrected chi connectivity index (χ0v) is 13.0. The molecule has 17 heavy (non-hydrogen) atoms. The minimum Gasteiger partial charge on any atom is -0.400 e. The fraction of sp³-hybridized carbons (Fsp3) is 1.00. The van der Waals surface area contributed by atoms with Crippen molar-refractivity contribution in [2.24, 2.45) is 23.7 Å². The van der Waals surface area contributed by atoms with Crippen molar-refractivity contribution in [2.45, 2.75) is 51.5 Å². The SMILES string of the molecule is CCC(C)C(C1CC2CCC1C2)[SiH](OC)OC. The Balaban J connectivity index is 2.09. The maximum atomic E-state index is 5.72. The van der Waals surface area contributed by atoms with Gasteiger partial charge < -0.3 is 8.85 Å². The van der Waals surface area contributed by atoms with Gasteiger partial charge in [0.05, 0.1) is 0 Å². The summed E-state index contributed by atoms with van der Waals surface area (Å²) in [5, 5.41) is 0. The van der Waals surface area contributed by atoms with Gasteiger partial charge in [-0.15, -0.1) is 0 Å². The van der Waals surface area contributed by atoms with Crippen LogP contribution in [0.3, 0.4) is 0 Å². The Morgan fingerprint density at radius 2 is 1.88 bits per heavy atom. The van der Waals surface area contributed by atoms with Crippen LogP contribution in [-0.4, -0.2) is 23.5 Å².